The van der Waals surface area contributed by atoms with Crippen LogP contribution in [0.15, 0.2) is 40.8 Å². The molecule has 0 bridgehead atoms. The van der Waals surface area contributed by atoms with Crippen LogP contribution in [0.25, 0.3) is 0 Å². The summed E-state index contributed by atoms with van der Waals surface area (Å²) in [6.45, 7) is 6.47. The number of ether oxygens (including phenoxy) is 1. The number of hydrogen-bond donors (Lipinski definition) is 1. The Labute approximate surface area is 196 Å². The van der Waals surface area contributed by atoms with Gasteiger partial charge >= 0.3 is 6.03 Å². The zero-order valence-electron chi connectivity index (χ0n) is 17.4. The minimum atomic E-state index is -0.364. The number of hydrogen-bond acceptors (Lipinski definition) is 4. The van der Waals surface area contributed by atoms with Crippen LogP contribution in [-0.2, 0) is 21.7 Å². The lowest BCUT2D eigenvalue weighted by Crippen LogP contribution is -2.63. The van der Waals surface area contributed by atoms with E-state index in [9.17, 15) is 4.79 Å². The largest absolute Gasteiger partial charge is 0.362 e. The molecule has 3 aliphatic rings. The first kappa shape index (κ1) is 21.1. The summed E-state index contributed by atoms with van der Waals surface area (Å²) in [6.07, 6.45) is 0.796. The van der Waals surface area contributed by atoms with Gasteiger partial charge in [-0.1, -0.05) is 35.3 Å². The third-order valence-electron chi connectivity index (χ3n) is 6.28. The SMILES string of the molecule is CCNC(=O)N1CC2(C1)OCc1cc(C3=NSC(C)(c4cc(Cl)cc(Cl)c4)C3)ccc12. The predicted octanol–water partition coefficient (Wildman–Crippen LogP) is 5.52. The molecule has 0 aliphatic carbocycles. The highest BCUT2D eigenvalue weighted by molar-refractivity contribution is 7.99. The number of nitrogens with one attached hydrogen (secondary N) is 1. The van der Waals surface area contributed by atoms with Gasteiger partial charge < -0.3 is 15.0 Å². The van der Waals surface area contributed by atoms with Crippen LogP contribution < -0.4 is 5.32 Å². The maximum absolute atomic E-state index is 12.1. The van der Waals surface area contributed by atoms with Gasteiger partial charge in [-0.25, -0.2) is 9.19 Å². The molecule has 0 radical (unpaired) electrons. The van der Waals surface area contributed by atoms with E-state index in [-0.39, 0.29) is 16.4 Å². The van der Waals surface area contributed by atoms with Gasteiger partial charge in [-0.15, -0.1) is 0 Å². The number of halogens is 2. The Hall–Kier alpha value is -1.73. The Morgan fingerprint density at radius 1 is 1.23 bits per heavy atom. The van der Waals surface area contributed by atoms with Gasteiger partial charge in [0.2, 0.25) is 0 Å². The highest BCUT2D eigenvalue weighted by Crippen LogP contribution is 2.48. The van der Waals surface area contributed by atoms with Crippen molar-refractivity contribution in [1.29, 1.82) is 0 Å². The summed E-state index contributed by atoms with van der Waals surface area (Å²) >= 11 is 14.0. The zero-order chi connectivity index (χ0) is 21.8. The van der Waals surface area contributed by atoms with Gasteiger partial charge in [-0.2, -0.15) is 0 Å². The molecule has 3 heterocycles. The van der Waals surface area contributed by atoms with Crippen LogP contribution in [0.1, 0.15) is 42.5 Å². The normalized spacial score (nSPS) is 23.5. The van der Waals surface area contributed by atoms with Crippen LogP contribution in [0, 0.1) is 0 Å². The second kappa shape index (κ2) is 7.69. The van der Waals surface area contributed by atoms with Gasteiger partial charge in [0.25, 0.3) is 0 Å². The van der Waals surface area contributed by atoms with E-state index in [1.54, 1.807) is 22.9 Å². The van der Waals surface area contributed by atoms with Crippen LogP contribution in [-0.4, -0.2) is 36.3 Å². The van der Waals surface area contributed by atoms with Crippen LogP contribution >= 0.6 is 35.1 Å². The first-order chi connectivity index (χ1) is 14.8. The van der Waals surface area contributed by atoms with Crippen molar-refractivity contribution < 1.29 is 9.53 Å². The number of fused-ring (bicyclic) bond motifs is 2. The maximum Gasteiger partial charge on any atom is 0.317 e. The third kappa shape index (κ3) is 3.63. The van der Waals surface area contributed by atoms with Gasteiger partial charge in [0.15, 0.2) is 0 Å². The standard InChI is InChI=1S/C23H23Cl2N3O2S/c1-3-26-21(29)28-12-23(13-28)19-5-4-14(6-15(19)11-30-23)20-10-22(2,31-27-20)16-7-17(24)9-18(25)8-16/h4-9H,3,10-13H2,1-2H3,(H,26,29). The fraction of sp³-hybridized carbons (Fsp3) is 0.391. The molecule has 0 saturated carbocycles. The Balaban J connectivity index is 1.33. The highest BCUT2D eigenvalue weighted by atomic mass is 35.5. The molecule has 8 heteroatoms. The highest BCUT2D eigenvalue weighted by Gasteiger charge is 2.51. The quantitative estimate of drug-likeness (QED) is 0.594. The topological polar surface area (TPSA) is 53.9 Å². The van der Waals surface area contributed by atoms with Crippen molar-refractivity contribution in [2.45, 2.75) is 37.2 Å². The summed E-state index contributed by atoms with van der Waals surface area (Å²) in [4.78, 5) is 13.8. The second-order valence-corrected chi connectivity index (χ2v) is 10.7. The second-order valence-electron chi connectivity index (χ2n) is 8.54. The summed E-state index contributed by atoms with van der Waals surface area (Å²) in [5.41, 5.74) is 5.26. The fourth-order valence-corrected chi connectivity index (χ4v) is 6.01. The van der Waals surface area contributed by atoms with Crippen LogP contribution in [0.5, 0.6) is 0 Å². The summed E-state index contributed by atoms with van der Waals surface area (Å²) in [6, 6.07) is 12.1. The first-order valence-electron chi connectivity index (χ1n) is 10.3. The Morgan fingerprint density at radius 2 is 1.97 bits per heavy atom. The molecule has 162 valence electrons. The third-order valence-corrected chi connectivity index (χ3v) is 7.81. The van der Waals surface area contributed by atoms with Gasteiger partial charge in [0.05, 0.1) is 30.2 Å². The van der Waals surface area contributed by atoms with Crippen molar-refractivity contribution in [3.63, 3.8) is 0 Å². The molecule has 1 atom stereocenters. The molecule has 1 fully saturated rings. The average Bonchev–Trinajstić information content (AvgIpc) is 3.28. The molecular weight excluding hydrogens is 453 g/mol. The lowest BCUT2D eigenvalue weighted by molar-refractivity contribution is -0.124. The molecule has 1 unspecified atom stereocenters. The Bertz CT molecular complexity index is 1080. The monoisotopic (exact) mass is 475 g/mol. The van der Waals surface area contributed by atoms with E-state index in [1.807, 2.05) is 19.1 Å². The fourth-order valence-electron chi connectivity index (χ4n) is 4.58. The van der Waals surface area contributed by atoms with E-state index >= 15 is 0 Å². The molecule has 3 aliphatic heterocycles. The van der Waals surface area contributed by atoms with E-state index in [1.165, 1.54) is 11.1 Å². The molecular formula is C23H23Cl2N3O2S. The van der Waals surface area contributed by atoms with E-state index in [0.29, 0.717) is 36.3 Å². The summed E-state index contributed by atoms with van der Waals surface area (Å²) in [5.74, 6) is 0. The minimum Gasteiger partial charge on any atom is -0.362 e. The molecule has 2 aromatic carbocycles. The smallest absolute Gasteiger partial charge is 0.317 e. The van der Waals surface area contributed by atoms with E-state index < -0.39 is 0 Å². The minimum absolute atomic E-state index is 0.0282. The number of likely N-dealkylation sites (tertiary alicyclic amines) is 1. The molecule has 2 amide bonds. The maximum atomic E-state index is 12.1. The Kier molecular flexibility index (Phi) is 5.25. The van der Waals surface area contributed by atoms with Gasteiger partial charge in [0, 0.05) is 23.0 Å². The molecule has 5 rings (SSSR count). The van der Waals surface area contributed by atoms with Crippen molar-refractivity contribution in [3.05, 3.63) is 68.7 Å². The predicted molar refractivity (Wildman–Crippen MR) is 126 cm³/mol. The van der Waals surface area contributed by atoms with E-state index in [0.717, 1.165) is 23.3 Å². The van der Waals surface area contributed by atoms with Crippen molar-refractivity contribution in [3.8, 4) is 0 Å². The Morgan fingerprint density at radius 3 is 2.68 bits per heavy atom. The molecule has 31 heavy (non-hydrogen) atoms. The average molecular weight is 476 g/mol. The lowest BCUT2D eigenvalue weighted by atomic mass is 9.84. The van der Waals surface area contributed by atoms with Gasteiger partial charge in [0.1, 0.15) is 5.60 Å². The summed E-state index contributed by atoms with van der Waals surface area (Å²) in [7, 11) is 0. The lowest BCUT2D eigenvalue weighted by Gasteiger charge is -2.47. The number of carbonyl (C=O) groups is 1. The summed E-state index contributed by atoms with van der Waals surface area (Å²) < 4.78 is 10.7. The molecule has 2 aromatic rings. The number of rotatable bonds is 3. The molecule has 1 spiro atoms. The van der Waals surface area contributed by atoms with E-state index in [2.05, 4.69) is 30.4 Å². The van der Waals surface area contributed by atoms with Crippen molar-refractivity contribution in [2.24, 2.45) is 4.40 Å². The zero-order valence-corrected chi connectivity index (χ0v) is 19.7. The molecule has 5 nitrogen and oxygen atoms in total. The van der Waals surface area contributed by atoms with E-state index in [4.69, 9.17) is 32.3 Å². The first-order valence-corrected chi connectivity index (χ1v) is 11.9. The molecule has 1 N–H and O–H groups in total. The van der Waals surface area contributed by atoms with Gasteiger partial charge in [-0.05, 0) is 72.3 Å². The number of carbonyl (C=O) groups excluding carboxylic acids is 1. The van der Waals surface area contributed by atoms with Crippen LogP contribution in [0.4, 0.5) is 4.79 Å². The number of benzene rings is 2. The van der Waals surface area contributed by atoms with Crippen LogP contribution in [0.3, 0.4) is 0 Å². The molecule has 1 saturated heterocycles. The van der Waals surface area contributed by atoms with Crippen molar-refractivity contribution in [2.75, 3.05) is 19.6 Å². The van der Waals surface area contributed by atoms with Gasteiger partial charge in [-0.3, -0.25) is 0 Å². The van der Waals surface area contributed by atoms with Crippen LogP contribution in [0.2, 0.25) is 10.0 Å². The number of nitrogens with zero attached hydrogens (tertiary/aromatic N) is 2. The summed E-state index contributed by atoms with van der Waals surface area (Å²) in [5, 5.41) is 4.13. The van der Waals surface area contributed by atoms with Crippen molar-refractivity contribution in [1.82, 2.24) is 10.2 Å². The number of amides is 2. The van der Waals surface area contributed by atoms with Crippen molar-refractivity contribution >= 4 is 46.9 Å². The number of urea groups is 1. The molecule has 0 aromatic heterocycles.